The number of fused-ring (bicyclic) bond motifs is 1. The molecule has 0 spiro atoms. The molecule has 0 atom stereocenters. The van der Waals surface area contributed by atoms with E-state index < -0.39 is 0 Å². The first-order valence-corrected chi connectivity index (χ1v) is 6.49. The Bertz CT molecular complexity index is 738. The number of aromatic nitrogens is 1. The van der Waals surface area contributed by atoms with Crippen LogP contribution < -0.4 is 5.73 Å². The van der Waals surface area contributed by atoms with Gasteiger partial charge in [0.05, 0.1) is 5.52 Å². The summed E-state index contributed by atoms with van der Waals surface area (Å²) < 4.78 is 0. The number of halogens is 1. The van der Waals surface area contributed by atoms with Crippen molar-refractivity contribution in [3.8, 4) is 11.1 Å². The highest BCUT2D eigenvalue weighted by Crippen LogP contribution is 2.27. The molecule has 0 fully saturated rings. The van der Waals surface area contributed by atoms with Gasteiger partial charge in [0.1, 0.15) is 0 Å². The van der Waals surface area contributed by atoms with E-state index in [0.717, 1.165) is 27.6 Å². The van der Waals surface area contributed by atoms with Gasteiger partial charge in [0.25, 0.3) is 0 Å². The van der Waals surface area contributed by atoms with Crippen LogP contribution in [0.3, 0.4) is 0 Å². The van der Waals surface area contributed by atoms with E-state index in [2.05, 4.69) is 17.1 Å². The van der Waals surface area contributed by atoms with Gasteiger partial charge in [-0.15, -0.1) is 0 Å². The van der Waals surface area contributed by atoms with Crippen molar-refractivity contribution in [1.82, 2.24) is 4.98 Å². The monoisotopic (exact) mass is 268 g/mol. The molecule has 0 saturated heterocycles. The largest absolute Gasteiger partial charge is 0.326 e. The second-order valence-corrected chi connectivity index (χ2v) is 4.86. The summed E-state index contributed by atoms with van der Waals surface area (Å²) in [4.78, 5) is 4.48. The van der Waals surface area contributed by atoms with Crippen LogP contribution in [0.2, 0.25) is 5.02 Å². The first kappa shape index (κ1) is 12.2. The van der Waals surface area contributed by atoms with Crippen LogP contribution in [0.5, 0.6) is 0 Å². The maximum atomic E-state index is 6.01. The second kappa shape index (κ2) is 5.00. The minimum Gasteiger partial charge on any atom is -0.326 e. The van der Waals surface area contributed by atoms with Crippen LogP contribution in [0, 0.1) is 0 Å². The van der Waals surface area contributed by atoms with E-state index in [-0.39, 0.29) is 0 Å². The van der Waals surface area contributed by atoms with Gasteiger partial charge in [0.15, 0.2) is 0 Å². The molecule has 1 aromatic heterocycles. The highest BCUT2D eigenvalue weighted by Gasteiger charge is 2.06. The molecule has 2 aromatic carbocycles. The number of nitrogens with two attached hydrogens (primary N) is 1. The van der Waals surface area contributed by atoms with E-state index in [9.17, 15) is 0 Å². The zero-order valence-corrected chi connectivity index (χ0v) is 11.1. The molecule has 2 nitrogen and oxygen atoms in total. The van der Waals surface area contributed by atoms with Crippen molar-refractivity contribution < 1.29 is 0 Å². The van der Waals surface area contributed by atoms with E-state index in [1.165, 1.54) is 0 Å². The Morgan fingerprint density at radius 2 is 1.89 bits per heavy atom. The average molecular weight is 269 g/mol. The SMILES string of the molecule is NCc1cc(Cl)ccc1-c1cnc2ccccc2c1. The average Bonchev–Trinajstić information content (AvgIpc) is 2.46. The van der Waals surface area contributed by atoms with Gasteiger partial charge in [-0.1, -0.05) is 35.9 Å². The molecular weight excluding hydrogens is 256 g/mol. The topological polar surface area (TPSA) is 38.9 Å². The summed E-state index contributed by atoms with van der Waals surface area (Å²) >= 11 is 6.01. The smallest absolute Gasteiger partial charge is 0.0702 e. The fourth-order valence-corrected chi connectivity index (χ4v) is 2.43. The first-order valence-electron chi connectivity index (χ1n) is 6.11. The van der Waals surface area contributed by atoms with E-state index in [4.69, 9.17) is 17.3 Å². The van der Waals surface area contributed by atoms with Gasteiger partial charge in [0.2, 0.25) is 0 Å². The molecule has 2 N–H and O–H groups in total. The Morgan fingerprint density at radius 1 is 1.05 bits per heavy atom. The van der Waals surface area contributed by atoms with Crippen molar-refractivity contribution in [2.45, 2.75) is 6.54 Å². The molecule has 3 rings (SSSR count). The summed E-state index contributed by atoms with van der Waals surface area (Å²) in [6, 6.07) is 16.0. The van der Waals surface area contributed by atoms with Crippen LogP contribution in [0.4, 0.5) is 0 Å². The summed E-state index contributed by atoms with van der Waals surface area (Å²) in [6.45, 7) is 0.461. The molecule has 0 unspecified atom stereocenters. The van der Waals surface area contributed by atoms with Crippen LogP contribution in [0.1, 0.15) is 5.56 Å². The van der Waals surface area contributed by atoms with Crippen LogP contribution in [0.15, 0.2) is 54.7 Å². The highest BCUT2D eigenvalue weighted by molar-refractivity contribution is 6.30. The van der Waals surface area contributed by atoms with Gasteiger partial charge in [-0.25, -0.2) is 0 Å². The summed E-state index contributed by atoms with van der Waals surface area (Å²) in [6.07, 6.45) is 1.88. The quantitative estimate of drug-likeness (QED) is 0.763. The molecule has 0 aliphatic heterocycles. The van der Waals surface area contributed by atoms with Crippen molar-refractivity contribution in [3.63, 3.8) is 0 Å². The Balaban J connectivity index is 2.18. The number of hydrogen-bond acceptors (Lipinski definition) is 2. The zero-order chi connectivity index (χ0) is 13.2. The Hall–Kier alpha value is -1.90. The van der Waals surface area contributed by atoms with Gasteiger partial charge in [-0.3, -0.25) is 4.98 Å². The van der Waals surface area contributed by atoms with Gasteiger partial charge >= 0.3 is 0 Å². The second-order valence-electron chi connectivity index (χ2n) is 4.42. The predicted molar refractivity (Wildman–Crippen MR) is 80.1 cm³/mol. The van der Waals surface area contributed by atoms with Crippen LogP contribution in [-0.2, 0) is 6.54 Å². The molecule has 1 heterocycles. The van der Waals surface area contributed by atoms with Gasteiger partial charge in [-0.05, 0) is 35.4 Å². The third-order valence-corrected chi connectivity index (χ3v) is 3.42. The van der Waals surface area contributed by atoms with Crippen molar-refractivity contribution in [3.05, 3.63) is 65.3 Å². The van der Waals surface area contributed by atoms with Crippen molar-refractivity contribution in [2.24, 2.45) is 5.73 Å². The molecule has 94 valence electrons. The van der Waals surface area contributed by atoms with E-state index >= 15 is 0 Å². The normalized spacial score (nSPS) is 10.8. The molecule has 3 heteroatoms. The molecule has 0 bridgehead atoms. The first-order chi connectivity index (χ1) is 9.28. The highest BCUT2D eigenvalue weighted by atomic mass is 35.5. The fourth-order valence-electron chi connectivity index (χ4n) is 2.23. The van der Waals surface area contributed by atoms with Crippen LogP contribution in [0.25, 0.3) is 22.0 Å². The fraction of sp³-hybridized carbons (Fsp3) is 0.0625. The summed E-state index contributed by atoms with van der Waals surface area (Å²) in [5, 5.41) is 1.83. The minimum absolute atomic E-state index is 0.461. The number of nitrogens with zero attached hydrogens (tertiary/aromatic N) is 1. The third-order valence-electron chi connectivity index (χ3n) is 3.19. The lowest BCUT2D eigenvalue weighted by atomic mass is 10.00. The molecule has 3 aromatic rings. The molecule has 0 aliphatic carbocycles. The van der Waals surface area contributed by atoms with Gasteiger partial charge in [-0.2, -0.15) is 0 Å². The number of rotatable bonds is 2. The van der Waals surface area contributed by atoms with Crippen molar-refractivity contribution in [1.29, 1.82) is 0 Å². The molecule has 0 saturated carbocycles. The Morgan fingerprint density at radius 3 is 2.74 bits per heavy atom. The predicted octanol–water partition coefficient (Wildman–Crippen LogP) is 4.01. The summed E-state index contributed by atoms with van der Waals surface area (Å²) in [5.74, 6) is 0. The number of para-hydroxylation sites is 1. The Kier molecular flexibility index (Phi) is 3.20. The summed E-state index contributed by atoms with van der Waals surface area (Å²) in [5.41, 5.74) is 9.97. The molecule has 0 aliphatic rings. The maximum Gasteiger partial charge on any atom is 0.0702 e. The van der Waals surface area contributed by atoms with Gasteiger partial charge < -0.3 is 5.73 Å². The maximum absolute atomic E-state index is 6.01. The lowest BCUT2D eigenvalue weighted by Crippen LogP contribution is -1.99. The lowest BCUT2D eigenvalue weighted by Gasteiger charge is -2.09. The molecule has 19 heavy (non-hydrogen) atoms. The molecule has 0 amide bonds. The van der Waals surface area contributed by atoms with E-state index in [1.54, 1.807) is 0 Å². The van der Waals surface area contributed by atoms with E-state index in [0.29, 0.717) is 11.6 Å². The van der Waals surface area contributed by atoms with Gasteiger partial charge in [0, 0.05) is 28.7 Å². The number of hydrogen-bond donors (Lipinski definition) is 1. The lowest BCUT2D eigenvalue weighted by molar-refractivity contribution is 1.07. The molecular formula is C16H13ClN2. The number of pyridine rings is 1. The van der Waals surface area contributed by atoms with Crippen LogP contribution in [-0.4, -0.2) is 4.98 Å². The van der Waals surface area contributed by atoms with E-state index in [1.807, 2.05) is 42.6 Å². The Labute approximate surface area is 116 Å². The third kappa shape index (κ3) is 2.33. The van der Waals surface area contributed by atoms with Crippen molar-refractivity contribution in [2.75, 3.05) is 0 Å². The minimum atomic E-state index is 0.461. The number of benzene rings is 2. The zero-order valence-electron chi connectivity index (χ0n) is 10.3. The molecule has 0 radical (unpaired) electrons. The van der Waals surface area contributed by atoms with Crippen LogP contribution >= 0.6 is 11.6 Å². The summed E-state index contributed by atoms with van der Waals surface area (Å²) in [7, 11) is 0. The van der Waals surface area contributed by atoms with Crippen molar-refractivity contribution >= 4 is 22.5 Å². The standard InChI is InChI=1S/C16H13ClN2/c17-14-5-6-15(12(8-14)9-18)13-7-11-3-1-2-4-16(11)19-10-13/h1-8,10H,9,18H2.